The van der Waals surface area contributed by atoms with Crippen LogP contribution in [-0.2, 0) is 4.79 Å². The van der Waals surface area contributed by atoms with Gasteiger partial charge in [0, 0.05) is 10.1 Å². The molecule has 0 amide bonds. The molecule has 2 nitrogen and oxygen atoms in total. The molecule has 0 aliphatic carbocycles. The Morgan fingerprint density at radius 1 is 1.10 bits per heavy atom. The second-order valence-electron chi connectivity index (χ2n) is 8.57. The summed E-state index contributed by atoms with van der Waals surface area (Å²) >= 11 is 1.64. The number of fused-ring (bicyclic) bond motifs is 1. The Morgan fingerprint density at radius 2 is 1.63 bits per heavy atom. The van der Waals surface area contributed by atoms with E-state index < -0.39 is 18.3 Å². The smallest absolute Gasteiger partial charge is 0.302 e. The molecule has 1 N–H and O–H groups in total. The van der Waals surface area contributed by atoms with E-state index >= 15 is 0 Å². The van der Waals surface area contributed by atoms with Crippen molar-refractivity contribution in [2.75, 3.05) is 12.4 Å². The van der Waals surface area contributed by atoms with E-state index in [1.807, 2.05) is 30.5 Å². The monoisotopic (exact) mass is 451 g/mol. The SMILES string of the molecule is CSc1ccc(-c2ccc(C(NC(C=O)CC3(C)P4CC43C)C(F)(F)F)cc2)cc1. The summed E-state index contributed by atoms with van der Waals surface area (Å²) in [6, 6.07) is 11.7. The largest absolute Gasteiger partial charge is 0.407 e. The molecule has 30 heavy (non-hydrogen) atoms. The number of hydrogen-bond acceptors (Lipinski definition) is 3. The first-order valence-corrected chi connectivity index (χ1v) is 12.7. The maximum atomic E-state index is 13.8. The lowest BCUT2D eigenvalue weighted by Gasteiger charge is -2.29. The number of alkyl halides is 3. The molecular weight excluding hydrogens is 426 g/mol. The predicted octanol–water partition coefficient (Wildman–Crippen LogP) is 6.25. The van der Waals surface area contributed by atoms with Gasteiger partial charge in [-0.3, -0.25) is 5.32 Å². The van der Waals surface area contributed by atoms with E-state index in [0.29, 0.717) is 12.7 Å². The highest BCUT2D eigenvalue weighted by molar-refractivity contribution is 7.98. The molecule has 0 radical (unpaired) electrons. The van der Waals surface area contributed by atoms with E-state index in [1.54, 1.807) is 23.9 Å². The van der Waals surface area contributed by atoms with Crippen LogP contribution in [-0.4, -0.2) is 41.2 Å². The number of halogens is 3. The number of hydrogen-bond donors (Lipinski definition) is 1. The lowest BCUT2D eigenvalue weighted by molar-refractivity contribution is -0.160. The van der Waals surface area contributed by atoms with Crippen LogP contribution in [0.1, 0.15) is 31.9 Å². The first-order valence-electron chi connectivity index (χ1n) is 9.92. The quantitative estimate of drug-likeness (QED) is 0.292. The summed E-state index contributed by atoms with van der Waals surface area (Å²) in [6.45, 7) is 4.30. The maximum absolute atomic E-state index is 13.8. The van der Waals surface area contributed by atoms with Crippen molar-refractivity contribution in [1.29, 1.82) is 0 Å². The molecule has 2 saturated heterocycles. The van der Waals surface area contributed by atoms with Crippen molar-refractivity contribution >= 4 is 26.0 Å². The number of thioether (sulfide) groups is 1. The van der Waals surface area contributed by atoms with Gasteiger partial charge < -0.3 is 4.79 Å². The normalized spacial score (nSPS) is 29.1. The van der Waals surface area contributed by atoms with Crippen molar-refractivity contribution in [3.63, 3.8) is 0 Å². The molecule has 2 fully saturated rings. The minimum absolute atomic E-state index is 0.0455. The Bertz CT molecular complexity index is 933. The van der Waals surface area contributed by atoms with Gasteiger partial charge in [0.15, 0.2) is 0 Å². The van der Waals surface area contributed by atoms with E-state index in [2.05, 4.69) is 19.2 Å². The predicted molar refractivity (Wildman–Crippen MR) is 119 cm³/mol. The Hall–Kier alpha value is -1.36. The zero-order valence-corrected chi connectivity index (χ0v) is 18.9. The van der Waals surface area contributed by atoms with E-state index in [4.69, 9.17) is 0 Å². The number of benzene rings is 2. The first-order chi connectivity index (χ1) is 14.1. The van der Waals surface area contributed by atoms with Crippen molar-refractivity contribution < 1.29 is 18.0 Å². The second-order valence-corrected chi connectivity index (χ2v) is 12.6. The molecule has 2 aromatic rings. The summed E-state index contributed by atoms with van der Waals surface area (Å²) in [5.74, 6) is 0. The summed E-state index contributed by atoms with van der Waals surface area (Å²) in [6.07, 6.45) is -0.180. The van der Waals surface area contributed by atoms with Gasteiger partial charge in [0.2, 0.25) is 0 Å². The van der Waals surface area contributed by atoms with Gasteiger partial charge in [0.05, 0.1) is 6.04 Å². The van der Waals surface area contributed by atoms with Gasteiger partial charge in [-0.05, 0) is 52.8 Å². The molecule has 0 bridgehead atoms. The van der Waals surface area contributed by atoms with Crippen LogP contribution < -0.4 is 5.32 Å². The van der Waals surface area contributed by atoms with Gasteiger partial charge in [-0.15, -0.1) is 11.8 Å². The van der Waals surface area contributed by atoms with Crippen molar-refractivity contribution in [2.45, 2.75) is 53.7 Å². The summed E-state index contributed by atoms with van der Waals surface area (Å²) in [4.78, 5) is 12.7. The van der Waals surface area contributed by atoms with Crippen molar-refractivity contribution in [2.24, 2.45) is 0 Å². The van der Waals surface area contributed by atoms with Crippen LogP contribution in [0.4, 0.5) is 13.2 Å². The molecule has 5 unspecified atom stereocenters. The molecule has 2 aromatic carbocycles. The molecular formula is C23H25F3NOPS. The summed E-state index contributed by atoms with van der Waals surface area (Å²) in [7, 11) is -0.0923. The van der Waals surface area contributed by atoms with Crippen LogP contribution in [0.5, 0.6) is 0 Å². The highest BCUT2D eigenvalue weighted by Gasteiger charge is 2.83. The van der Waals surface area contributed by atoms with Gasteiger partial charge in [-0.1, -0.05) is 58.2 Å². The second kappa shape index (κ2) is 7.65. The minimum atomic E-state index is -4.48. The number of carbonyl (C=O) groups is 1. The van der Waals surface area contributed by atoms with Crippen LogP contribution in [0, 0.1) is 0 Å². The summed E-state index contributed by atoms with van der Waals surface area (Å²) in [5, 5.41) is 2.93. The Morgan fingerprint density at radius 3 is 2.03 bits per heavy atom. The average Bonchev–Trinajstić information content (AvgIpc) is 3.56. The minimum Gasteiger partial charge on any atom is -0.302 e. The zero-order valence-electron chi connectivity index (χ0n) is 17.2. The van der Waals surface area contributed by atoms with E-state index in [9.17, 15) is 18.0 Å². The Labute approximate surface area is 180 Å². The number of rotatable bonds is 8. The van der Waals surface area contributed by atoms with E-state index in [1.165, 1.54) is 18.3 Å². The highest BCUT2D eigenvalue weighted by atomic mass is 32.2. The Balaban J connectivity index is 1.51. The first kappa shape index (κ1) is 21.9. The maximum Gasteiger partial charge on any atom is 0.407 e. The van der Waals surface area contributed by atoms with E-state index in [0.717, 1.165) is 16.0 Å². The van der Waals surface area contributed by atoms with Crippen LogP contribution in [0.25, 0.3) is 11.1 Å². The number of aldehydes is 1. The van der Waals surface area contributed by atoms with Crippen LogP contribution in [0.2, 0.25) is 0 Å². The van der Waals surface area contributed by atoms with Crippen molar-refractivity contribution in [3.05, 3.63) is 54.1 Å². The molecule has 2 aliphatic rings. The lowest BCUT2D eigenvalue weighted by atomic mass is 9.90. The fourth-order valence-corrected chi connectivity index (χ4v) is 8.53. The molecule has 2 aliphatic heterocycles. The average molecular weight is 451 g/mol. The van der Waals surface area contributed by atoms with Crippen LogP contribution in [0.15, 0.2) is 53.4 Å². The zero-order chi connectivity index (χ0) is 21.7. The van der Waals surface area contributed by atoms with Gasteiger partial charge in [-0.25, -0.2) is 0 Å². The van der Waals surface area contributed by atoms with Crippen LogP contribution >= 0.6 is 19.7 Å². The van der Waals surface area contributed by atoms with Gasteiger partial charge in [0.1, 0.15) is 12.3 Å². The fraction of sp³-hybridized carbons (Fsp3) is 0.435. The third-order valence-electron chi connectivity index (χ3n) is 6.82. The fourth-order valence-electron chi connectivity index (χ4n) is 4.50. The Kier molecular flexibility index (Phi) is 5.57. The molecule has 7 heteroatoms. The topological polar surface area (TPSA) is 29.1 Å². The lowest BCUT2D eigenvalue weighted by Crippen LogP contribution is -2.44. The van der Waals surface area contributed by atoms with Crippen molar-refractivity contribution in [1.82, 2.24) is 5.32 Å². The van der Waals surface area contributed by atoms with Gasteiger partial charge in [-0.2, -0.15) is 13.2 Å². The molecule has 5 atom stereocenters. The highest BCUT2D eigenvalue weighted by Crippen LogP contribution is 2.99. The number of nitrogens with one attached hydrogen (secondary N) is 1. The molecule has 0 aromatic heterocycles. The third kappa shape index (κ3) is 3.83. The third-order valence-corrected chi connectivity index (χ3v) is 11.6. The summed E-state index contributed by atoms with van der Waals surface area (Å²) in [5.41, 5.74) is 1.94. The molecule has 4 rings (SSSR count). The molecule has 160 valence electrons. The van der Waals surface area contributed by atoms with Gasteiger partial charge in [0.25, 0.3) is 0 Å². The molecule has 0 spiro atoms. The molecule has 0 saturated carbocycles. The standard InChI is InChI=1S/C23H25F3NOPS/c1-21(22(2)14-29(21)22)12-18(13-28)27-20(23(24,25)26)17-6-4-15(5-7-17)16-8-10-19(30-3)11-9-16/h4-11,13,18,20,27H,12,14H2,1-3H3. The van der Waals surface area contributed by atoms with Crippen molar-refractivity contribution in [3.8, 4) is 11.1 Å². The molecule has 2 heterocycles. The summed E-state index contributed by atoms with van der Waals surface area (Å²) < 4.78 is 41.5. The van der Waals surface area contributed by atoms with Crippen LogP contribution in [0.3, 0.4) is 0 Å². The number of carbonyl (C=O) groups excluding carboxylic acids is 1. The van der Waals surface area contributed by atoms with Gasteiger partial charge >= 0.3 is 6.18 Å². The van der Waals surface area contributed by atoms with E-state index in [-0.39, 0.29) is 23.8 Å².